The Bertz CT molecular complexity index is 687. The maximum atomic E-state index is 13.7. The normalized spacial score (nSPS) is 10.5. The Morgan fingerprint density at radius 3 is 2.76 bits per heavy atom. The fourth-order valence-corrected chi connectivity index (χ4v) is 2.49. The Morgan fingerprint density at radius 2 is 2.10 bits per heavy atom. The molecular formula is C13H14F2N4OS. The molecule has 5 nitrogen and oxygen atoms in total. The predicted molar refractivity (Wildman–Crippen MR) is 79.7 cm³/mol. The Hall–Kier alpha value is -2.22. The van der Waals surface area contributed by atoms with Crippen molar-refractivity contribution in [1.29, 1.82) is 0 Å². The molecule has 2 aromatic rings. The first-order chi connectivity index (χ1) is 9.92. The summed E-state index contributed by atoms with van der Waals surface area (Å²) in [7, 11) is 0. The summed E-state index contributed by atoms with van der Waals surface area (Å²) in [5.41, 5.74) is 5.58. The number of benzene rings is 1. The molecule has 0 bridgehead atoms. The monoisotopic (exact) mass is 312 g/mol. The molecule has 2 rings (SSSR count). The number of anilines is 3. The number of aryl methyl sites for hydroxylation is 1. The molecule has 8 heteroatoms. The van der Waals surface area contributed by atoms with Gasteiger partial charge < -0.3 is 16.4 Å². The van der Waals surface area contributed by atoms with E-state index in [9.17, 15) is 13.6 Å². The van der Waals surface area contributed by atoms with Gasteiger partial charge in [-0.3, -0.25) is 4.79 Å². The lowest BCUT2D eigenvalue weighted by molar-refractivity contribution is 0.103. The second-order valence-corrected chi connectivity index (χ2v) is 5.30. The third-order valence-corrected chi connectivity index (χ3v) is 3.71. The van der Waals surface area contributed by atoms with E-state index in [1.807, 2.05) is 6.92 Å². The van der Waals surface area contributed by atoms with E-state index in [1.54, 1.807) is 0 Å². The molecule has 1 aromatic carbocycles. The van der Waals surface area contributed by atoms with Crippen LogP contribution in [-0.2, 0) is 0 Å². The van der Waals surface area contributed by atoms with Crippen molar-refractivity contribution in [3.63, 3.8) is 0 Å². The molecule has 0 atom stereocenters. The zero-order valence-electron chi connectivity index (χ0n) is 11.5. The zero-order chi connectivity index (χ0) is 15.6. The van der Waals surface area contributed by atoms with Gasteiger partial charge in [0.2, 0.25) is 0 Å². The quantitative estimate of drug-likeness (QED) is 0.811. The Kier molecular flexibility index (Phi) is 4.37. The van der Waals surface area contributed by atoms with Gasteiger partial charge >= 0.3 is 0 Å². The van der Waals surface area contributed by atoms with Crippen LogP contribution in [0.15, 0.2) is 12.1 Å². The van der Waals surface area contributed by atoms with E-state index in [1.165, 1.54) is 6.92 Å². The molecule has 0 unspecified atom stereocenters. The molecule has 0 aliphatic carbocycles. The Labute approximate surface area is 124 Å². The molecule has 0 aliphatic rings. The highest BCUT2D eigenvalue weighted by Crippen LogP contribution is 2.27. The second kappa shape index (κ2) is 6.04. The number of carbonyl (C=O) groups is 1. The van der Waals surface area contributed by atoms with Gasteiger partial charge in [-0.15, -0.1) is 0 Å². The number of nitrogens with one attached hydrogen (secondary N) is 2. The lowest BCUT2D eigenvalue weighted by Gasteiger charge is -2.07. The summed E-state index contributed by atoms with van der Waals surface area (Å²) in [5.74, 6) is -1.90. The number of hydrogen-bond acceptors (Lipinski definition) is 5. The smallest absolute Gasteiger partial charge is 0.269 e. The van der Waals surface area contributed by atoms with Crippen LogP contribution in [-0.4, -0.2) is 17.4 Å². The minimum atomic E-state index is -0.711. The minimum absolute atomic E-state index is 0.0430. The summed E-state index contributed by atoms with van der Waals surface area (Å²) in [6, 6.07) is 1.95. The summed E-state index contributed by atoms with van der Waals surface area (Å²) in [4.78, 5) is 16.2. The predicted octanol–water partition coefficient (Wildman–Crippen LogP) is 3.00. The van der Waals surface area contributed by atoms with Crippen LogP contribution in [0.2, 0.25) is 0 Å². The fourth-order valence-electron chi connectivity index (χ4n) is 1.64. The van der Waals surface area contributed by atoms with Gasteiger partial charge in [-0.1, -0.05) is 11.3 Å². The molecule has 0 radical (unpaired) electrons. The van der Waals surface area contributed by atoms with Gasteiger partial charge in [0.25, 0.3) is 5.91 Å². The molecule has 112 valence electrons. The Balaban J connectivity index is 2.24. The molecule has 21 heavy (non-hydrogen) atoms. The van der Waals surface area contributed by atoms with E-state index < -0.39 is 17.5 Å². The van der Waals surface area contributed by atoms with E-state index in [4.69, 9.17) is 5.73 Å². The number of amides is 1. The third kappa shape index (κ3) is 3.27. The van der Waals surface area contributed by atoms with Crippen LogP contribution in [0.25, 0.3) is 0 Å². The van der Waals surface area contributed by atoms with Crippen molar-refractivity contribution >= 4 is 33.9 Å². The van der Waals surface area contributed by atoms with Crippen molar-refractivity contribution in [3.05, 3.63) is 34.2 Å². The first-order valence-corrected chi connectivity index (χ1v) is 7.01. The van der Waals surface area contributed by atoms with Gasteiger partial charge in [0.15, 0.2) is 5.13 Å². The van der Waals surface area contributed by atoms with E-state index in [-0.39, 0.29) is 21.9 Å². The highest BCUT2D eigenvalue weighted by molar-refractivity contribution is 7.18. The topological polar surface area (TPSA) is 80.0 Å². The SMILES string of the molecule is CCNc1nc(N)c(C(=O)Nc2cc(F)c(C)cc2F)s1. The minimum Gasteiger partial charge on any atom is -0.382 e. The van der Waals surface area contributed by atoms with E-state index in [2.05, 4.69) is 15.6 Å². The summed E-state index contributed by atoms with van der Waals surface area (Å²) >= 11 is 1.05. The van der Waals surface area contributed by atoms with Crippen LogP contribution in [0, 0.1) is 18.6 Å². The molecular weight excluding hydrogens is 298 g/mol. The van der Waals surface area contributed by atoms with Gasteiger partial charge in [0.1, 0.15) is 22.3 Å². The first kappa shape index (κ1) is 15.2. The maximum absolute atomic E-state index is 13.7. The van der Waals surface area contributed by atoms with Gasteiger partial charge in [0.05, 0.1) is 5.69 Å². The Morgan fingerprint density at radius 1 is 1.38 bits per heavy atom. The van der Waals surface area contributed by atoms with Gasteiger partial charge in [-0.25, -0.2) is 13.8 Å². The first-order valence-electron chi connectivity index (χ1n) is 6.19. The van der Waals surface area contributed by atoms with Crippen molar-refractivity contribution < 1.29 is 13.6 Å². The number of nitrogens with two attached hydrogens (primary N) is 1. The van der Waals surface area contributed by atoms with Crippen LogP contribution in [0.1, 0.15) is 22.2 Å². The summed E-state index contributed by atoms with van der Waals surface area (Å²) < 4.78 is 27.1. The van der Waals surface area contributed by atoms with Crippen LogP contribution in [0.4, 0.5) is 25.4 Å². The lowest BCUT2D eigenvalue weighted by atomic mass is 10.2. The number of hydrogen-bond donors (Lipinski definition) is 3. The largest absolute Gasteiger partial charge is 0.382 e. The number of rotatable bonds is 4. The lowest BCUT2D eigenvalue weighted by Crippen LogP contribution is -2.13. The van der Waals surface area contributed by atoms with Gasteiger partial charge in [0, 0.05) is 12.6 Å². The average molecular weight is 312 g/mol. The standard InChI is InChI=1S/C13H14F2N4OS/c1-3-17-13-19-11(16)10(21-13)12(20)18-9-5-7(14)6(2)4-8(9)15/h4-5H,3,16H2,1-2H3,(H,17,19)(H,18,20). The molecule has 0 fully saturated rings. The molecule has 0 aliphatic heterocycles. The van der Waals surface area contributed by atoms with Crippen molar-refractivity contribution in [3.8, 4) is 0 Å². The highest BCUT2D eigenvalue weighted by Gasteiger charge is 2.18. The number of aromatic nitrogens is 1. The van der Waals surface area contributed by atoms with Crippen LogP contribution in [0.3, 0.4) is 0 Å². The highest BCUT2D eigenvalue weighted by atomic mass is 32.1. The van der Waals surface area contributed by atoms with E-state index >= 15 is 0 Å². The number of thiazole rings is 1. The van der Waals surface area contributed by atoms with Crippen LogP contribution in [0.5, 0.6) is 0 Å². The van der Waals surface area contributed by atoms with Crippen LogP contribution < -0.4 is 16.4 Å². The molecule has 0 spiro atoms. The zero-order valence-corrected chi connectivity index (χ0v) is 12.3. The van der Waals surface area contributed by atoms with Crippen molar-refractivity contribution in [2.75, 3.05) is 22.9 Å². The summed E-state index contributed by atoms with van der Waals surface area (Å²) in [6.45, 7) is 3.95. The molecule has 1 heterocycles. The van der Waals surface area contributed by atoms with Crippen LogP contribution >= 0.6 is 11.3 Å². The average Bonchev–Trinajstić information content (AvgIpc) is 2.77. The molecule has 0 saturated carbocycles. The van der Waals surface area contributed by atoms with Crippen molar-refractivity contribution in [2.24, 2.45) is 0 Å². The number of nitrogens with zero attached hydrogens (tertiary/aromatic N) is 1. The molecule has 1 aromatic heterocycles. The third-order valence-electron chi connectivity index (χ3n) is 2.68. The fraction of sp³-hybridized carbons (Fsp3) is 0.231. The number of carbonyl (C=O) groups excluding carboxylic acids is 1. The molecule has 4 N–H and O–H groups in total. The molecule has 1 amide bonds. The van der Waals surface area contributed by atoms with E-state index in [0.29, 0.717) is 11.7 Å². The van der Waals surface area contributed by atoms with Crippen molar-refractivity contribution in [1.82, 2.24) is 4.98 Å². The van der Waals surface area contributed by atoms with Gasteiger partial charge in [-0.2, -0.15) is 0 Å². The maximum Gasteiger partial charge on any atom is 0.269 e. The molecule has 0 saturated heterocycles. The van der Waals surface area contributed by atoms with Crippen molar-refractivity contribution in [2.45, 2.75) is 13.8 Å². The van der Waals surface area contributed by atoms with Gasteiger partial charge in [-0.05, 0) is 25.5 Å². The summed E-state index contributed by atoms with van der Waals surface area (Å²) in [5, 5.41) is 5.72. The van der Waals surface area contributed by atoms with E-state index in [0.717, 1.165) is 23.5 Å². The summed E-state index contributed by atoms with van der Waals surface area (Å²) in [6.07, 6.45) is 0. The number of nitrogen functional groups attached to an aromatic ring is 1. The number of halogens is 2. The second-order valence-electron chi connectivity index (χ2n) is 4.30.